The molecule has 2 unspecified atom stereocenters. The molecular weight excluding hydrogens is 278 g/mol. The third kappa shape index (κ3) is 2.74. The normalized spacial score (nSPS) is 26.2. The number of anilines is 1. The first-order valence-electron chi connectivity index (χ1n) is 7.08. The van der Waals surface area contributed by atoms with Crippen molar-refractivity contribution in [1.82, 2.24) is 4.90 Å². The van der Waals surface area contributed by atoms with E-state index in [2.05, 4.69) is 10.2 Å². The zero-order chi connectivity index (χ0) is 14.1. The molecule has 0 spiro atoms. The smallest absolute Gasteiger partial charge is 0.271 e. The van der Waals surface area contributed by atoms with Gasteiger partial charge in [0.05, 0.1) is 15.6 Å². The van der Waals surface area contributed by atoms with Gasteiger partial charge in [-0.3, -0.25) is 10.1 Å². The minimum absolute atomic E-state index is 0.0789. The Kier molecular flexibility index (Phi) is 3.81. The van der Waals surface area contributed by atoms with E-state index in [1.807, 2.05) is 0 Å². The largest absolute Gasteiger partial charge is 0.381 e. The van der Waals surface area contributed by atoms with Gasteiger partial charge in [0, 0.05) is 30.8 Å². The Bertz CT molecular complexity index is 523. The van der Waals surface area contributed by atoms with Crippen LogP contribution in [0.15, 0.2) is 18.2 Å². The topological polar surface area (TPSA) is 58.4 Å². The van der Waals surface area contributed by atoms with Crippen molar-refractivity contribution < 1.29 is 4.92 Å². The van der Waals surface area contributed by atoms with Crippen LogP contribution in [0.5, 0.6) is 0 Å². The Morgan fingerprint density at radius 2 is 2.20 bits per heavy atom. The molecule has 2 aliphatic heterocycles. The van der Waals surface area contributed by atoms with E-state index >= 15 is 0 Å². The van der Waals surface area contributed by atoms with Crippen LogP contribution >= 0.6 is 11.6 Å². The van der Waals surface area contributed by atoms with E-state index in [4.69, 9.17) is 11.6 Å². The molecule has 6 heteroatoms. The van der Waals surface area contributed by atoms with E-state index in [1.165, 1.54) is 31.5 Å². The number of rotatable bonds is 3. The zero-order valence-corrected chi connectivity index (χ0v) is 12.0. The third-order valence-corrected chi connectivity index (χ3v) is 4.67. The summed E-state index contributed by atoms with van der Waals surface area (Å²) in [4.78, 5) is 13.0. The summed E-state index contributed by atoms with van der Waals surface area (Å²) in [7, 11) is 0. The van der Waals surface area contributed by atoms with Crippen molar-refractivity contribution in [2.75, 3.05) is 18.4 Å². The molecule has 0 bridgehead atoms. The first kappa shape index (κ1) is 13.6. The summed E-state index contributed by atoms with van der Waals surface area (Å²) in [6.45, 7) is 2.32. The summed E-state index contributed by atoms with van der Waals surface area (Å²) in [6, 6.07) is 5.58. The zero-order valence-electron chi connectivity index (χ0n) is 11.2. The lowest BCUT2D eigenvalue weighted by molar-refractivity contribution is -0.384. The van der Waals surface area contributed by atoms with Crippen LogP contribution in [0.3, 0.4) is 0 Å². The molecule has 1 N–H and O–H groups in total. The monoisotopic (exact) mass is 295 g/mol. The van der Waals surface area contributed by atoms with Crippen molar-refractivity contribution in [3.63, 3.8) is 0 Å². The molecule has 0 radical (unpaired) electrons. The second-order valence-corrected chi connectivity index (χ2v) is 6.03. The van der Waals surface area contributed by atoms with E-state index in [0.29, 0.717) is 22.8 Å². The predicted octanol–water partition coefficient (Wildman–Crippen LogP) is 3.29. The fourth-order valence-electron chi connectivity index (χ4n) is 3.31. The molecule has 0 aliphatic carbocycles. The first-order chi connectivity index (χ1) is 9.63. The molecule has 0 amide bonds. The van der Waals surface area contributed by atoms with Gasteiger partial charge in [-0.15, -0.1) is 0 Å². The molecule has 2 saturated heterocycles. The summed E-state index contributed by atoms with van der Waals surface area (Å²) in [6.07, 6.45) is 4.71. The van der Waals surface area contributed by atoms with Crippen LogP contribution in [0, 0.1) is 10.1 Å². The Labute approximate surface area is 123 Å². The van der Waals surface area contributed by atoms with Gasteiger partial charge in [0.1, 0.15) is 0 Å². The summed E-state index contributed by atoms with van der Waals surface area (Å²) in [5, 5.41) is 14.8. The van der Waals surface area contributed by atoms with Crippen molar-refractivity contribution >= 4 is 23.0 Å². The first-order valence-corrected chi connectivity index (χ1v) is 7.46. The number of halogens is 1. The van der Waals surface area contributed by atoms with Gasteiger partial charge in [-0.05, 0) is 38.3 Å². The van der Waals surface area contributed by atoms with E-state index in [0.717, 1.165) is 19.4 Å². The molecule has 2 aliphatic rings. The number of non-ortho nitro benzene ring substituents is 1. The molecule has 5 nitrogen and oxygen atoms in total. The Balaban J connectivity index is 1.71. The number of piperidine rings is 1. The number of hydrogen-bond donors (Lipinski definition) is 1. The Morgan fingerprint density at radius 1 is 1.35 bits per heavy atom. The van der Waals surface area contributed by atoms with Crippen molar-refractivity contribution in [2.24, 2.45) is 0 Å². The summed E-state index contributed by atoms with van der Waals surface area (Å²) in [5.74, 6) is 0. The molecule has 2 heterocycles. The quantitative estimate of drug-likeness (QED) is 0.687. The SMILES string of the molecule is O=[N+]([O-])c1ccc(Cl)c(NC2CCN3CCCC3C2)c1. The molecule has 2 atom stereocenters. The Hall–Kier alpha value is -1.33. The molecule has 20 heavy (non-hydrogen) atoms. The van der Waals surface area contributed by atoms with Crippen LogP contribution in [-0.2, 0) is 0 Å². The second-order valence-electron chi connectivity index (χ2n) is 5.62. The molecule has 0 saturated carbocycles. The minimum Gasteiger partial charge on any atom is -0.381 e. The molecule has 1 aromatic carbocycles. The molecule has 1 aromatic rings. The number of nitrogens with zero attached hydrogens (tertiary/aromatic N) is 2. The van der Waals surface area contributed by atoms with E-state index in [-0.39, 0.29) is 10.6 Å². The highest BCUT2D eigenvalue weighted by Crippen LogP contribution is 2.32. The van der Waals surface area contributed by atoms with Crippen LogP contribution < -0.4 is 5.32 Å². The maximum Gasteiger partial charge on any atom is 0.271 e. The molecule has 108 valence electrons. The van der Waals surface area contributed by atoms with Crippen LogP contribution in [0.1, 0.15) is 25.7 Å². The molecular formula is C14H18ClN3O2. The van der Waals surface area contributed by atoms with Crippen LogP contribution in [0.4, 0.5) is 11.4 Å². The lowest BCUT2D eigenvalue weighted by atomic mass is 9.97. The van der Waals surface area contributed by atoms with Gasteiger partial charge in [0.2, 0.25) is 0 Å². The predicted molar refractivity (Wildman–Crippen MR) is 79.3 cm³/mol. The van der Waals surface area contributed by atoms with Crippen molar-refractivity contribution in [3.05, 3.63) is 33.3 Å². The van der Waals surface area contributed by atoms with Gasteiger partial charge in [-0.1, -0.05) is 11.6 Å². The number of benzene rings is 1. The van der Waals surface area contributed by atoms with E-state index in [9.17, 15) is 10.1 Å². The van der Waals surface area contributed by atoms with E-state index < -0.39 is 0 Å². The van der Waals surface area contributed by atoms with Crippen molar-refractivity contribution in [2.45, 2.75) is 37.8 Å². The highest BCUT2D eigenvalue weighted by Gasteiger charge is 2.31. The third-order valence-electron chi connectivity index (χ3n) is 4.34. The Morgan fingerprint density at radius 3 is 3.00 bits per heavy atom. The fraction of sp³-hybridized carbons (Fsp3) is 0.571. The lowest BCUT2D eigenvalue weighted by Crippen LogP contribution is -2.42. The molecule has 0 aromatic heterocycles. The van der Waals surface area contributed by atoms with Gasteiger partial charge in [-0.25, -0.2) is 0 Å². The lowest BCUT2D eigenvalue weighted by Gasteiger charge is -2.35. The average molecular weight is 296 g/mol. The van der Waals surface area contributed by atoms with E-state index in [1.54, 1.807) is 6.07 Å². The number of nitro groups is 1. The maximum absolute atomic E-state index is 10.8. The van der Waals surface area contributed by atoms with Gasteiger partial charge in [0.25, 0.3) is 5.69 Å². The van der Waals surface area contributed by atoms with Crippen LogP contribution in [0.25, 0.3) is 0 Å². The standard InChI is InChI=1S/C14H18ClN3O2/c15-13-4-3-12(18(19)20)9-14(13)16-10-5-7-17-6-1-2-11(17)8-10/h3-4,9-11,16H,1-2,5-8H2. The number of fused-ring (bicyclic) bond motifs is 1. The number of hydrogen-bond acceptors (Lipinski definition) is 4. The van der Waals surface area contributed by atoms with Crippen LogP contribution in [-0.4, -0.2) is 35.0 Å². The molecule has 3 rings (SSSR count). The number of nitrogens with one attached hydrogen (secondary N) is 1. The molecule has 2 fully saturated rings. The maximum atomic E-state index is 10.8. The minimum atomic E-state index is -0.388. The number of nitro benzene ring substituents is 1. The van der Waals surface area contributed by atoms with Gasteiger partial charge in [0.15, 0.2) is 0 Å². The highest BCUT2D eigenvalue weighted by molar-refractivity contribution is 6.33. The van der Waals surface area contributed by atoms with Gasteiger partial charge >= 0.3 is 0 Å². The van der Waals surface area contributed by atoms with Gasteiger partial charge in [-0.2, -0.15) is 0 Å². The van der Waals surface area contributed by atoms with Gasteiger partial charge < -0.3 is 10.2 Å². The summed E-state index contributed by atoms with van der Waals surface area (Å²) >= 11 is 6.14. The van der Waals surface area contributed by atoms with Crippen LogP contribution in [0.2, 0.25) is 5.02 Å². The summed E-state index contributed by atoms with van der Waals surface area (Å²) in [5.41, 5.74) is 0.757. The fourth-order valence-corrected chi connectivity index (χ4v) is 3.48. The van der Waals surface area contributed by atoms with Crippen molar-refractivity contribution in [1.29, 1.82) is 0 Å². The highest BCUT2D eigenvalue weighted by atomic mass is 35.5. The van der Waals surface area contributed by atoms with Crippen molar-refractivity contribution in [3.8, 4) is 0 Å². The second kappa shape index (κ2) is 5.58. The average Bonchev–Trinajstić information content (AvgIpc) is 2.88. The summed E-state index contributed by atoms with van der Waals surface area (Å²) < 4.78 is 0.